The van der Waals surface area contributed by atoms with E-state index in [-0.39, 0.29) is 36.9 Å². The van der Waals surface area contributed by atoms with Crippen LogP contribution in [0.3, 0.4) is 0 Å². The van der Waals surface area contributed by atoms with Gasteiger partial charge in [-0.2, -0.15) is 0 Å². The summed E-state index contributed by atoms with van der Waals surface area (Å²) in [6.45, 7) is 13.8. The summed E-state index contributed by atoms with van der Waals surface area (Å²) in [5.41, 5.74) is 3.43. The lowest BCUT2D eigenvalue weighted by Crippen LogP contribution is -2.46. The Balaban J connectivity index is 1.77. The third-order valence-corrected chi connectivity index (χ3v) is 5.60. The first kappa shape index (κ1) is 26.6. The van der Waals surface area contributed by atoms with Crippen LogP contribution in [0.2, 0.25) is 0 Å². The third kappa shape index (κ3) is 9.04. The maximum absolute atomic E-state index is 12.4. The largest absolute Gasteiger partial charge is 0.444 e. The van der Waals surface area contributed by atoms with Crippen molar-refractivity contribution in [2.75, 3.05) is 45.1 Å². The molecule has 1 aliphatic rings. The number of benzene rings is 1. The zero-order valence-electron chi connectivity index (χ0n) is 21.2. The first-order chi connectivity index (χ1) is 15.3. The van der Waals surface area contributed by atoms with Crippen LogP contribution in [0, 0.1) is 26.7 Å². The Labute approximate surface area is 198 Å². The summed E-state index contributed by atoms with van der Waals surface area (Å²) in [5, 5.41) is 5.63. The van der Waals surface area contributed by atoms with Crippen LogP contribution in [0.25, 0.3) is 0 Å². The minimum absolute atomic E-state index is 0.0652. The fraction of sp³-hybridized carbons (Fsp3) is 0.640. The second-order valence-corrected chi connectivity index (χ2v) is 10.2. The van der Waals surface area contributed by atoms with Gasteiger partial charge >= 0.3 is 6.09 Å². The summed E-state index contributed by atoms with van der Waals surface area (Å²) >= 11 is 0. The predicted octanol–water partition coefficient (Wildman–Crippen LogP) is 3.25. The number of rotatable bonds is 7. The quantitative estimate of drug-likeness (QED) is 0.652. The van der Waals surface area contributed by atoms with E-state index in [0.29, 0.717) is 6.54 Å². The van der Waals surface area contributed by atoms with E-state index in [1.807, 2.05) is 53.7 Å². The molecule has 1 heterocycles. The van der Waals surface area contributed by atoms with Gasteiger partial charge in [-0.25, -0.2) is 4.79 Å². The van der Waals surface area contributed by atoms with E-state index in [2.05, 4.69) is 15.5 Å². The zero-order chi connectivity index (χ0) is 24.8. The van der Waals surface area contributed by atoms with Gasteiger partial charge in [0.2, 0.25) is 11.8 Å². The Kier molecular flexibility index (Phi) is 9.28. The lowest BCUT2D eigenvalue weighted by Gasteiger charge is -2.34. The van der Waals surface area contributed by atoms with Crippen LogP contribution in [0.1, 0.15) is 50.3 Å². The molecule has 2 rings (SSSR count). The van der Waals surface area contributed by atoms with Crippen LogP contribution in [-0.4, -0.2) is 73.1 Å². The molecule has 1 aliphatic heterocycles. The van der Waals surface area contributed by atoms with E-state index in [9.17, 15) is 14.4 Å². The molecule has 1 saturated heterocycles. The molecule has 0 aliphatic carbocycles. The Hall–Kier alpha value is -2.61. The molecular formula is C25H40N4O4. The second kappa shape index (κ2) is 11.5. The Morgan fingerprint density at radius 3 is 2.36 bits per heavy atom. The molecule has 184 valence electrons. The van der Waals surface area contributed by atoms with Gasteiger partial charge in [-0.15, -0.1) is 0 Å². The number of amides is 3. The molecule has 0 spiro atoms. The molecule has 0 radical (unpaired) electrons. The highest BCUT2D eigenvalue weighted by molar-refractivity contribution is 5.96. The number of carbonyl (C=O) groups is 3. The Morgan fingerprint density at radius 2 is 1.76 bits per heavy atom. The second-order valence-electron chi connectivity index (χ2n) is 10.2. The lowest BCUT2D eigenvalue weighted by molar-refractivity contribution is -0.125. The van der Waals surface area contributed by atoms with E-state index in [4.69, 9.17) is 4.74 Å². The molecule has 8 nitrogen and oxygen atoms in total. The topological polar surface area (TPSA) is 91.0 Å². The molecule has 0 bridgehead atoms. The number of ether oxygens (including phenoxy) is 1. The van der Waals surface area contributed by atoms with Crippen LogP contribution < -0.4 is 10.6 Å². The normalized spacial score (nSPS) is 16.8. The number of nitrogens with one attached hydrogen (secondary N) is 2. The van der Waals surface area contributed by atoms with Gasteiger partial charge in [0, 0.05) is 25.8 Å². The van der Waals surface area contributed by atoms with Crippen LogP contribution >= 0.6 is 0 Å². The molecule has 1 aromatic rings. The van der Waals surface area contributed by atoms with Crippen molar-refractivity contribution in [2.24, 2.45) is 5.92 Å². The molecule has 3 amide bonds. The van der Waals surface area contributed by atoms with Crippen molar-refractivity contribution in [2.45, 2.75) is 60.0 Å². The fourth-order valence-corrected chi connectivity index (χ4v) is 4.24. The summed E-state index contributed by atoms with van der Waals surface area (Å²) < 4.78 is 5.42. The minimum Gasteiger partial charge on any atom is -0.444 e. The molecule has 8 heteroatoms. The molecule has 0 aromatic heterocycles. The van der Waals surface area contributed by atoms with Gasteiger partial charge in [0.15, 0.2) is 0 Å². The van der Waals surface area contributed by atoms with Gasteiger partial charge in [-0.3, -0.25) is 14.5 Å². The zero-order valence-corrected chi connectivity index (χ0v) is 21.2. The van der Waals surface area contributed by atoms with E-state index in [1.54, 1.807) is 11.9 Å². The number of piperidine rings is 1. The van der Waals surface area contributed by atoms with Crippen molar-refractivity contribution < 1.29 is 19.1 Å². The fourth-order valence-electron chi connectivity index (χ4n) is 4.24. The summed E-state index contributed by atoms with van der Waals surface area (Å²) in [6.07, 6.45) is 1.64. The Morgan fingerprint density at radius 1 is 1.12 bits per heavy atom. The predicted molar refractivity (Wildman–Crippen MR) is 130 cm³/mol. The van der Waals surface area contributed by atoms with E-state index in [1.165, 1.54) is 0 Å². The number of anilines is 1. The summed E-state index contributed by atoms with van der Waals surface area (Å²) in [7, 11) is 1.75. The molecule has 1 unspecified atom stereocenters. The number of hydrogen-bond acceptors (Lipinski definition) is 5. The van der Waals surface area contributed by atoms with Crippen LogP contribution in [-0.2, 0) is 14.3 Å². The molecular weight excluding hydrogens is 420 g/mol. The van der Waals surface area contributed by atoms with E-state index in [0.717, 1.165) is 48.3 Å². The average molecular weight is 461 g/mol. The van der Waals surface area contributed by atoms with Gasteiger partial charge in [0.1, 0.15) is 5.60 Å². The van der Waals surface area contributed by atoms with Gasteiger partial charge in [0.05, 0.1) is 13.1 Å². The number of nitrogens with zero attached hydrogens (tertiary/aromatic N) is 2. The number of carbonyl (C=O) groups excluding carboxylic acids is 3. The van der Waals surface area contributed by atoms with E-state index < -0.39 is 5.60 Å². The minimum atomic E-state index is -0.523. The van der Waals surface area contributed by atoms with Crippen LogP contribution in [0.5, 0.6) is 0 Å². The van der Waals surface area contributed by atoms with Crippen molar-refractivity contribution in [3.63, 3.8) is 0 Å². The van der Waals surface area contributed by atoms with Crippen molar-refractivity contribution in [3.05, 3.63) is 28.8 Å². The molecule has 1 aromatic carbocycles. The molecule has 0 saturated carbocycles. The van der Waals surface area contributed by atoms with Gasteiger partial charge in [0.25, 0.3) is 0 Å². The van der Waals surface area contributed by atoms with Crippen molar-refractivity contribution in [1.29, 1.82) is 0 Å². The SMILES string of the molecule is Cc1cc(C)c(NC(=O)CNC(=O)CN2CCCC(CN(C)C(=O)OC(C)(C)C)C2)c(C)c1. The van der Waals surface area contributed by atoms with Crippen molar-refractivity contribution in [1.82, 2.24) is 15.1 Å². The number of hydrogen-bond donors (Lipinski definition) is 2. The van der Waals surface area contributed by atoms with Gasteiger partial charge in [-0.1, -0.05) is 17.7 Å². The highest BCUT2D eigenvalue weighted by atomic mass is 16.6. The highest BCUT2D eigenvalue weighted by Crippen LogP contribution is 2.22. The number of aryl methyl sites for hydroxylation is 3. The van der Waals surface area contributed by atoms with E-state index >= 15 is 0 Å². The summed E-state index contributed by atoms with van der Waals surface area (Å²) in [5.74, 6) is -0.141. The highest BCUT2D eigenvalue weighted by Gasteiger charge is 2.26. The third-order valence-electron chi connectivity index (χ3n) is 5.60. The van der Waals surface area contributed by atoms with Crippen molar-refractivity contribution in [3.8, 4) is 0 Å². The smallest absolute Gasteiger partial charge is 0.410 e. The molecule has 33 heavy (non-hydrogen) atoms. The summed E-state index contributed by atoms with van der Waals surface area (Å²) in [6, 6.07) is 4.04. The van der Waals surface area contributed by atoms with Crippen LogP contribution in [0.4, 0.5) is 10.5 Å². The lowest BCUT2D eigenvalue weighted by atomic mass is 9.97. The average Bonchev–Trinajstić information content (AvgIpc) is 2.68. The molecule has 1 fully saturated rings. The monoisotopic (exact) mass is 460 g/mol. The van der Waals surface area contributed by atoms with Gasteiger partial charge in [-0.05, 0) is 78.0 Å². The van der Waals surface area contributed by atoms with Crippen molar-refractivity contribution >= 4 is 23.6 Å². The van der Waals surface area contributed by atoms with Crippen LogP contribution in [0.15, 0.2) is 12.1 Å². The Bertz CT molecular complexity index is 839. The maximum atomic E-state index is 12.4. The first-order valence-electron chi connectivity index (χ1n) is 11.6. The first-order valence-corrected chi connectivity index (χ1v) is 11.6. The standard InChI is InChI=1S/C25H40N4O4/c1-17-11-18(2)23(19(3)12-17)27-21(30)13-26-22(31)16-29-10-8-9-20(15-29)14-28(7)24(32)33-25(4,5)6/h11-12,20H,8-10,13-16H2,1-7H3,(H,26,31)(H,27,30). The number of likely N-dealkylation sites (tertiary alicyclic amines) is 1. The molecule has 1 atom stereocenters. The summed E-state index contributed by atoms with van der Waals surface area (Å²) in [4.78, 5) is 40.7. The van der Waals surface area contributed by atoms with Gasteiger partial charge < -0.3 is 20.3 Å². The molecule has 2 N–H and O–H groups in total. The maximum Gasteiger partial charge on any atom is 0.410 e.